The van der Waals surface area contributed by atoms with Crippen molar-refractivity contribution in [3.8, 4) is 17.0 Å². The Hall–Kier alpha value is -3.17. The highest BCUT2D eigenvalue weighted by molar-refractivity contribution is 7.15. The Morgan fingerprint density at radius 2 is 1.97 bits per heavy atom. The highest BCUT2D eigenvalue weighted by Gasteiger charge is 2.54. The molecule has 6 rings (SSSR count). The number of benzene rings is 1. The largest absolute Gasteiger partial charge is 0.414 e. The number of amides is 2. The predicted octanol–water partition coefficient (Wildman–Crippen LogP) is 4.99. The van der Waals surface area contributed by atoms with Gasteiger partial charge in [-0.2, -0.15) is 0 Å². The van der Waals surface area contributed by atoms with Gasteiger partial charge in [0.1, 0.15) is 5.69 Å². The number of likely N-dealkylation sites (tertiary alicyclic amines) is 1. The van der Waals surface area contributed by atoms with Gasteiger partial charge in [0.05, 0.1) is 10.9 Å². The molecule has 1 aliphatic carbocycles. The number of hydrogen-bond donors (Lipinski definition) is 1. The van der Waals surface area contributed by atoms with Crippen LogP contribution < -0.4 is 10.1 Å². The number of nitrogens with zero attached hydrogens (tertiary/aromatic N) is 3. The first-order valence-corrected chi connectivity index (χ1v) is 13.1. The van der Waals surface area contributed by atoms with Crippen LogP contribution in [0.3, 0.4) is 0 Å². The van der Waals surface area contributed by atoms with E-state index in [0.29, 0.717) is 30.0 Å². The van der Waals surface area contributed by atoms with Gasteiger partial charge >= 0.3 is 6.09 Å². The molecule has 1 saturated carbocycles. The number of aryl methyl sites for hydroxylation is 2. The van der Waals surface area contributed by atoms with Crippen LogP contribution in [0, 0.1) is 25.7 Å². The Bertz CT molecular complexity index is 1390. The number of nitrogens with one attached hydrogen (secondary N) is 1. The second-order valence-corrected chi connectivity index (χ2v) is 10.8. The summed E-state index contributed by atoms with van der Waals surface area (Å²) in [7, 11) is 0. The first-order chi connectivity index (χ1) is 16.5. The topological polar surface area (TPSA) is 75.9 Å². The van der Waals surface area contributed by atoms with Crippen molar-refractivity contribution in [1.29, 1.82) is 0 Å². The van der Waals surface area contributed by atoms with E-state index in [1.54, 1.807) is 4.40 Å². The molecule has 7 nitrogen and oxygen atoms in total. The zero-order valence-electron chi connectivity index (χ0n) is 18.9. The molecule has 1 aromatic carbocycles. The van der Waals surface area contributed by atoms with Crippen LogP contribution in [0.2, 0.25) is 0 Å². The van der Waals surface area contributed by atoms with Crippen molar-refractivity contribution in [1.82, 2.24) is 19.6 Å². The van der Waals surface area contributed by atoms with Crippen molar-refractivity contribution in [3.63, 3.8) is 0 Å². The minimum atomic E-state index is -0.524. The first-order valence-electron chi connectivity index (χ1n) is 11.3. The standard InChI is InChI=1S/C25H24N4O3S2/c1-14-3-5-16(6-4-14)18-7-9-33-21(18)22(30)29-13-17-11-19(17)20(29)12-26-25(31)32-23-15(2)27-24-28(23)8-10-34-24/h3-10,17,19-20H,11-13H2,1-2H3,(H,26,31)/t17-,19-,20+/m0/s1. The average Bonchev–Trinajstić information content (AvgIpc) is 3.22. The van der Waals surface area contributed by atoms with E-state index in [4.69, 9.17) is 4.74 Å². The Morgan fingerprint density at radius 1 is 1.15 bits per heavy atom. The SMILES string of the molecule is Cc1ccc(-c2ccsc2C(=O)N2C[C@@H]3C[C@@H]3[C@H]2CNC(=O)Oc2c(C)nc3sccn23)cc1. The molecule has 34 heavy (non-hydrogen) atoms. The van der Waals surface area contributed by atoms with Gasteiger partial charge in [0.25, 0.3) is 5.91 Å². The molecule has 2 aliphatic rings. The summed E-state index contributed by atoms with van der Waals surface area (Å²) < 4.78 is 7.34. The maximum absolute atomic E-state index is 13.6. The molecule has 1 aliphatic heterocycles. The van der Waals surface area contributed by atoms with E-state index >= 15 is 0 Å². The van der Waals surface area contributed by atoms with E-state index in [1.165, 1.54) is 28.2 Å². The molecule has 3 aromatic heterocycles. The van der Waals surface area contributed by atoms with Gasteiger partial charge in [-0.25, -0.2) is 9.78 Å². The van der Waals surface area contributed by atoms with Crippen LogP contribution in [0.25, 0.3) is 16.1 Å². The number of piperidine rings is 1. The van der Waals surface area contributed by atoms with Crippen LogP contribution in [0.5, 0.6) is 5.88 Å². The number of carbonyl (C=O) groups excluding carboxylic acids is 2. The van der Waals surface area contributed by atoms with Gasteiger partial charge in [-0.3, -0.25) is 9.20 Å². The number of fused-ring (bicyclic) bond motifs is 2. The number of ether oxygens (including phenoxy) is 1. The molecule has 0 bridgehead atoms. The average molecular weight is 493 g/mol. The van der Waals surface area contributed by atoms with Crippen LogP contribution in [0.15, 0.2) is 47.3 Å². The molecule has 9 heteroatoms. The monoisotopic (exact) mass is 492 g/mol. The zero-order valence-corrected chi connectivity index (χ0v) is 20.5. The molecule has 2 amide bonds. The highest BCUT2D eigenvalue weighted by Crippen LogP contribution is 2.50. The van der Waals surface area contributed by atoms with Crippen LogP contribution in [-0.2, 0) is 0 Å². The lowest BCUT2D eigenvalue weighted by Crippen LogP contribution is -2.46. The molecule has 4 heterocycles. The second kappa shape index (κ2) is 8.25. The molecule has 0 unspecified atom stereocenters. The minimum absolute atomic E-state index is 0.0225. The van der Waals surface area contributed by atoms with Gasteiger partial charge in [0, 0.05) is 30.2 Å². The fourth-order valence-electron chi connectivity index (χ4n) is 4.94. The van der Waals surface area contributed by atoms with E-state index in [9.17, 15) is 9.59 Å². The van der Waals surface area contributed by atoms with Gasteiger partial charge in [-0.05, 0) is 49.1 Å². The second-order valence-electron chi connectivity index (χ2n) is 9.04. The van der Waals surface area contributed by atoms with Crippen LogP contribution in [0.4, 0.5) is 4.79 Å². The number of thiazole rings is 1. The summed E-state index contributed by atoms with van der Waals surface area (Å²) in [4.78, 5) is 34.1. The van der Waals surface area contributed by atoms with E-state index in [2.05, 4.69) is 41.5 Å². The molecule has 3 atom stereocenters. The number of thiophene rings is 1. The van der Waals surface area contributed by atoms with Gasteiger partial charge in [0.2, 0.25) is 5.88 Å². The summed E-state index contributed by atoms with van der Waals surface area (Å²) >= 11 is 2.97. The Kier molecular flexibility index (Phi) is 5.18. The molecule has 4 aromatic rings. The van der Waals surface area contributed by atoms with E-state index in [1.807, 2.05) is 34.8 Å². The quantitative estimate of drug-likeness (QED) is 0.426. The van der Waals surface area contributed by atoms with E-state index < -0.39 is 6.09 Å². The Morgan fingerprint density at radius 3 is 2.79 bits per heavy atom. The summed E-state index contributed by atoms with van der Waals surface area (Å²) in [6.45, 7) is 5.00. The predicted molar refractivity (Wildman–Crippen MR) is 133 cm³/mol. The molecule has 2 fully saturated rings. The maximum atomic E-state index is 13.6. The normalized spacial score (nSPS) is 21.0. The Labute approximate surface area is 205 Å². The summed E-state index contributed by atoms with van der Waals surface area (Å²) in [6, 6.07) is 10.3. The van der Waals surface area contributed by atoms with Crippen molar-refractivity contribution in [3.05, 3.63) is 63.4 Å². The van der Waals surface area contributed by atoms with Crippen molar-refractivity contribution in [2.75, 3.05) is 13.1 Å². The number of carbonyl (C=O) groups is 2. The lowest BCUT2D eigenvalue weighted by Gasteiger charge is -2.27. The van der Waals surface area contributed by atoms with Crippen LogP contribution >= 0.6 is 22.7 Å². The van der Waals surface area contributed by atoms with Gasteiger partial charge in [-0.1, -0.05) is 29.8 Å². The first kappa shape index (κ1) is 21.4. The number of imidazole rings is 1. The molecular weight excluding hydrogens is 468 g/mol. The van der Waals surface area contributed by atoms with Crippen molar-refractivity contribution in [2.24, 2.45) is 11.8 Å². The van der Waals surface area contributed by atoms with Crippen molar-refractivity contribution < 1.29 is 14.3 Å². The lowest BCUT2D eigenvalue weighted by molar-refractivity contribution is 0.0710. The van der Waals surface area contributed by atoms with Gasteiger partial charge in [0.15, 0.2) is 4.96 Å². The van der Waals surface area contributed by atoms with E-state index in [0.717, 1.165) is 33.9 Å². The zero-order chi connectivity index (χ0) is 23.4. The summed E-state index contributed by atoms with van der Waals surface area (Å²) in [6.07, 6.45) is 2.42. The molecule has 174 valence electrons. The lowest BCUT2D eigenvalue weighted by atomic mass is 10.0. The fourth-order valence-corrected chi connectivity index (χ4v) is 6.56. The third-order valence-corrected chi connectivity index (χ3v) is 8.47. The van der Waals surface area contributed by atoms with E-state index in [-0.39, 0.29) is 11.9 Å². The molecule has 0 radical (unpaired) electrons. The van der Waals surface area contributed by atoms with Gasteiger partial charge < -0.3 is 15.0 Å². The van der Waals surface area contributed by atoms with Crippen LogP contribution in [0.1, 0.15) is 27.3 Å². The highest BCUT2D eigenvalue weighted by atomic mass is 32.1. The van der Waals surface area contributed by atoms with Crippen molar-refractivity contribution >= 4 is 39.6 Å². The number of aromatic nitrogens is 2. The maximum Gasteiger partial charge on any atom is 0.414 e. The third kappa shape index (κ3) is 3.69. The fraction of sp³-hybridized carbons (Fsp3) is 0.320. The summed E-state index contributed by atoms with van der Waals surface area (Å²) in [5.41, 5.74) is 3.88. The van der Waals surface area contributed by atoms with Crippen LogP contribution in [-0.4, -0.2) is 45.4 Å². The molecule has 0 spiro atoms. The molecule has 1 saturated heterocycles. The van der Waals surface area contributed by atoms with Crippen molar-refractivity contribution in [2.45, 2.75) is 26.3 Å². The third-order valence-electron chi connectivity index (χ3n) is 6.81. The minimum Gasteiger partial charge on any atom is -0.391 e. The number of hydrogen-bond acceptors (Lipinski definition) is 6. The molecular formula is C25H24N4O3S2. The molecule has 1 N–H and O–H groups in total. The summed E-state index contributed by atoms with van der Waals surface area (Å²) in [5, 5.41) is 6.77. The smallest absolute Gasteiger partial charge is 0.391 e. The Balaban J connectivity index is 1.16. The summed E-state index contributed by atoms with van der Waals surface area (Å²) in [5.74, 6) is 1.44. The number of rotatable bonds is 5. The van der Waals surface area contributed by atoms with Gasteiger partial charge in [-0.15, -0.1) is 22.7 Å².